The minimum atomic E-state index is -1.12. The molecule has 1 saturated heterocycles. The number of methoxy groups -OCH3 is 1. The zero-order valence-electron chi connectivity index (χ0n) is 19.8. The molecule has 0 spiro atoms. The zero-order chi connectivity index (χ0) is 23.3. The van der Waals surface area contributed by atoms with Crippen LogP contribution >= 0.6 is 11.6 Å². The van der Waals surface area contributed by atoms with Crippen molar-refractivity contribution in [2.45, 2.75) is 64.7 Å². The number of nitrogens with zero attached hydrogens (tertiary/aromatic N) is 1. The molecule has 0 bridgehead atoms. The van der Waals surface area contributed by atoms with Crippen LogP contribution in [0, 0.1) is 17.8 Å². The molecule has 1 amide bonds. The van der Waals surface area contributed by atoms with Gasteiger partial charge < -0.3 is 14.8 Å². The van der Waals surface area contributed by atoms with Gasteiger partial charge in [-0.1, -0.05) is 30.7 Å². The van der Waals surface area contributed by atoms with E-state index in [-0.39, 0.29) is 22.9 Å². The average molecular weight is 469 g/mol. The predicted molar refractivity (Wildman–Crippen MR) is 126 cm³/mol. The Morgan fingerprint density at radius 2 is 2.00 bits per heavy atom. The standard InChI is InChI=1S/C25H38ClFN2O3/c1-16-17(2)24(32-14-13-31-4)8-6-21(16)18(3)29-11-9-20(10-12-29)28-25(30)19-5-7-23(27)22(26)15-19/h6,8,15-16,18-21,23H,5,7,9-14H2,1-4H3,(H,28,30). The first kappa shape index (κ1) is 25.3. The molecule has 1 fully saturated rings. The van der Waals surface area contributed by atoms with Gasteiger partial charge in [0.05, 0.1) is 12.5 Å². The fourth-order valence-corrected chi connectivity index (χ4v) is 5.30. The zero-order valence-corrected chi connectivity index (χ0v) is 20.5. The number of nitrogens with one attached hydrogen (secondary N) is 1. The lowest BCUT2D eigenvalue weighted by Crippen LogP contribution is -2.50. The minimum Gasteiger partial charge on any atom is -0.491 e. The molecular formula is C25H38ClFN2O3. The molecule has 0 aromatic heterocycles. The third-order valence-electron chi connectivity index (χ3n) is 7.40. The molecule has 180 valence electrons. The van der Waals surface area contributed by atoms with Crippen LogP contribution in [0.1, 0.15) is 46.5 Å². The lowest BCUT2D eigenvalue weighted by molar-refractivity contribution is -0.125. The second-order valence-electron chi connectivity index (χ2n) is 9.38. The Labute approximate surface area is 197 Å². The van der Waals surface area contributed by atoms with Crippen molar-refractivity contribution in [3.8, 4) is 0 Å². The summed E-state index contributed by atoms with van der Waals surface area (Å²) in [5, 5.41) is 3.34. The highest BCUT2D eigenvalue weighted by Crippen LogP contribution is 2.35. The Balaban J connectivity index is 1.48. The maximum absolute atomic E-state index is 13.5. The molecule has 1 aliphatic heterocycles. The molecule has 1 heterocycles. The largest absolute Gasteiger partial charge is 0.491 e. The number of halogens is 2. The Hall–Kier alpha value is -1.37. The minimum absolute atomic E-state index is 0.0212. The maximum Gasteiger partial charge on any atom is 0.227 e. The molecular weight excluding hydrogens is 431 g/mol. The molecule has 0 radical (unpaired) electrons. The average Bonchev–Trinajstić information content (AvgIpc) is 2.78. The van der Waals surface area contributed by atoms with Gasteiger partial charge in [0.1, 0.15) is 18.5 Å². The van der Waals surface area contributed by atoms with E-state index >= 15 is 0 Å². The summed E-state index contributed by atoms with van der Waals surface area (Å²) in [6.07, 6.45) is 7.57. The molecule has 2 aliphatic carbocycles. The monoisotopic (exact) mass is 468 g/mol. The summed E-state index contributed by atoms with van der Waals surface area (Å²) < 4.78 is 24.5. The van der Waals surface area contributed by atoms with E-state index in [1.165, 1.54) is 5.57 Å². The van der Waals surface area contributed by atoms with Gasteiger partial charge in [0.2, 0.25) is 5.91 Å². The van der Waals surface area contributed by atoms with Crippen molar-refractivity contribution in [3.63, 3.8) is 0 Å². The number of alkyl halides is 1. The van der Waals surface area contributed by atoms with E-state index in [1.54, 1.807) is 13.2 Å². The number of hydrogen-bond donors (Lipinski definition) is 1. The normalized spacial score (nSPS) is 30.8. The van der Waals surface area contributed by atoms with E-state index < -0.39 is 6.17 Å². The summed E-state index contributed by atoms with van der Waals surface area (Å²) in [5.41, 5.74) is 1.29. The highest BCUT2D eigenvalue weighted by molar-refractivity contribution is 6.30. The molecule has 32 heavy (non-hydrogen) atoms. The molecule has 3 aliphatic rings. The van der Waals surface area contributed by atoms with Gasteiger partial charge in [-0.3, -0.25) is 9.69 Å². The Morgan fingerprint density at radius 3 is 2.66 bits per heavy atom. The van der Waals surface area contributed by atoms with Crippen molar-refractivity contribution in [1.82, 2.24) is 10.2 Å². The fraction of sp³-hybridized carbons (Fsp3) is 0.720. The highest BCUT2D eigenvalue weighted by Gasteiger charge is 2.33. The van der Waals surface area contributed by atoms with Gasteiger partial charge in [-0.2, -0.15) is 0 Å². The van der Waals surface area contributed by atoms with Gasteiger partial charge in [0.25, 0.3) is 0 Å². The number of likely N-dealkylation sites (tertiary alicyclic amines) is 1. The third kappa shape index (κ3) is 6.15. The smallest absolute Gasteiger partial charge is 0.227 e. The van der Waals surface area contributed by atoms with Gasteiger partial charge >= 0.3 is 0 Å². The Morgan fingerprint density at radius 1 is 1.28 bits per heavy atom. The van der Waals surface area contributed by atoms with E-state index in [4.69, 9.17) is 21.1 Å². The number of ether oxygens (including phenoxy) is 2. The van der Waals surface area contributed by atoms with Crippen LogP contribution in [0.25, 0.3) is 0 Å². The molecule has 0 aromatic rings. The quantitative estimate of drug-likeness (QED) is 0.529. The van der Waals surface area contributed by atoms with Crippen LogP contribution in [0.5, 0.6) is 0 Å². The second-order valence-corrected chi connectivity index (χ2v) is 9.81. The number of hydrogen-bond acceptors (Lipinski definition) is 4. The van der Waals surface area contributed by atoms with Crippen molar-refractivity contribution in [1.29, 1.82) is 0 Å². The lowest BCUT2D eigenvalue weighted by Gasteiger charge is -2.42. The number of rotatable bonds is 8. The van der Waals surface area contributed by atoms with Crippen LogP contribution in [-0.4, -0.2) is 62.5 Å². The van der Waals surface area contributed by atoms with Crippen LogP contribution in [0.3, 0.4) is 0 Å². The Bertz CT molecular complexity index is 745. The Kier molecular flexibility index (Phi) is 9.21. The third-order valence-corrected chi connectivity index (χ3v) is 7.76. The summed E-state index contributed by atoms with van der Waals surface area (Å²) in [5.74, 6) is 1.48. The van der Waals surface area contributed by atoms with E-state index in [0.717, 1.165) is 31.7 Å². The first-order valence-corrected chi connectivity index (χ1v) is 12.3. The maximum atomic E-state index is 13.5. The van der Waals surface area contributed by atoms with Crippen molar-refractivity contribution in [2.24, 2.45) is 17.8 Å². The van der Waals surface area contributed by atoms with Crippen LogP contribution in [0.4, 0.5) is 4.39 Å². The summed E-state index contributed by atoms with van der Waals surface area (Å²) in [7, 11) is 1.68. The predicted octanol–water partition coefficient (Wildman–Crippen LogP) is 4.59. The number of amides is 1. The van der Waals surface area contributed by atoms with Gasteiger partial charge in [-0.05, 0) is 63.0 Å². The molecule has 7 heteroatoms. The van der Waals surface area contributed by atoms with E-state index in [1.807, 2.05) is 0 Å². The fourth-order valence-electron chi connectivity index (χ4n) is 5.04. The van der Waals surface area contributed by atoms with Gasteiger partial charge in [-0.25, -0.2) is 4.39 Å². The highest BCUT2D eigenvalue weighted by atomic mass is 35.5. The summed E-state index contributed by atoms with van der Waals surface area (Å²) in [6.45, 7) is 9.80. The van der Waals surface area contributed by atoms with Crippen molar-refractivity contribution < 1.29 is 18.7 Å². The summed E-state index contributed by atoms with van der Waals surface area (Å²) in [6, 6.07) is 0.581. The van der Waals surface area contributed by atoms with Crippen molar-refractivity contribution in [2.75, 3.05) is 33.4 Å². The number of carbonyl (C=O) groups excluding carboxylic acids is 1. The van der Waals surface area contributed by atoms with Crippen LogP contribution in [0.2, 0.25) is 0 Å². The topological polar surface area (TPSA) is 50.8 Å². The number of carbonyl (C=O) groups is 1. The first-order chi connectivity index (χ1) is 15.3. The van der Waals surface area contributed by atoms with Crippen LogP contribution in [0.15, 0.2) is 34.6 Å². The van der Waals surface area contributed by atoms with Crippen molar-refractivity contribution in [3.05, 3.63) is 34.6 Å². The summed E-state index contributed by atoms with van der Waals surface area (Å²) in [4.78, 5) is 15.1. The molecule has 0 saturated carbocycles. The lowest BCUT2D eigenvalue weighted by atomic mass is 9.78. The van der Waals surface area contributed by atoms with E-state index in [0.29, 0.717) is 43.9 Å². The van der Waals surface area contributed by atoms with Crippen LogP contribution < -0.4 is 5.32 Å². The molecule has 1 N–H and O–H groups in total. The van der Waals surface area contributed by atoms with Crippen LogP contribution in [-0.2, 0) is 14.3 Å². The molecule has 0 aromatic carbocycles. The second kappa shape index (κ2) is 11.7. The van der Waals surface area contributed by atoms with Gasteiger partial charge in [-0.15, -0.1) is 0 Å². The number of allylic oxidation sites excluding steroid dienone is 3. The van der Waals surface area contributed by atoms with E-state index in [9.17, 15) is 9.18 Å². The molecule has 3 rings (SSSR count). The molecule has 5 unspecified atom stereocenters. The number of piperidine rings is 1. The van der Waals surface area contributed by atoms with Gasteiger partial charge in [0.15, 0.2) is 0 Å². The SMILES string of the molecule is COCCOC1=C(C)C(C)C(C(C)N2CCC(NC(=O)C3C=C(Cl)C(F)CC3)CC2)C=C1. The molecule has 5 nitrogen and oxygen atoms in total. The summed E-state index contributed by atoms with van der Waals surface area (Å²) >= 11 is 5.92. The first-order valence-electron chi connectivity index (χ1n) is 11.9. The van der Waals surface area contributed by atoms with Crippen molar-refractivity contribution >= 4 is 17.5 Å². The van der Waals surface area contributed by atoms with Gasteiger partial charge in [0, 0.05) is 37.3 Å². The molecule has 5 atom stereocenters. The van der Waals surface area contributed by atoms with E-state index in [2.05, 4.69) is 43.1 Å².